The molecule has 1 unspecified atom stereocenters. The van der Waals surface area contributed by atoms with Crippen LogP contribution in [0.2, 0.25) is 0 Å². The zero-order valence-electron chi connectivity index (χ0n) is 9.79. The molecule has 4 nitrogen and oxygen atoms in total. The summed E-state index contributed by atoms with van der Waals surface area (Å²) in [6.45, 7) is 6.30. The molecule has 0 bridgehead atoms. The average molecular weight is 289 g/mol. The lowest BCUT2D eigenvalue weighted by Gasteiger charge is -2.30. The molecule has 0 fully saturated rings. The number of alkyl halides is 1. The Labute approximate surface area is 104 Å². The van der Waals surface area contributed by atoms with Crippen LogP contribution >= 0.6 is 15.9 Å². The highest BCUT2D eigenvalue weighted by Crippen LogP contribution is 2.22. The SMILES string of the molecule is CC(C)(C)C(CCBr)NC(=O)c1ccon1. The van der Waals surface area contributed by atoms with Crippen molar-refractivity contribution in [2.75, 3.05) is 5.33 Å². The first-order valence-corrected chi connectivity index (χ1v) is 6.34. The minimum absolute atomic E-state index is 0.0210. The van der Waals surface area contributed by atoms with Crippen molar-refractivity contribution in [2.24, 2.45) is 5.41 Å². The monoisotopic (exact) mass is 288 g/mol. The van der Waals surface area contributed by atoms with Crippen molar-refractivity contribution in [2.45, 2.75) is 33.2 Å². The quantitative estimate of drug-likeness (QED) is 0.867. The maximum Gasteiger partial charge on any atom is 0.273 e. The van der Waals surface area contributed by atoms with Crippen LogP contribution in [0, 0.1) is 5.41 Å². The molecule has 0 spiro atoms. The molecule has 0 saturated carbocycles. The van der Waals surface area contributed by atoms with E-state index >= 15 is 0 Å². The van der Waals surface area contributed by atoms with Crippen molar-refractivity contribution in [3.63, 3.8) is 0 Å². The van der Waals surface area contributed by atoms with Gasteiger partial charge >= 0.3 is 0 Å². The van der Waals surface area contributed by atoms with Crippen LogP contribution in [0.4, 0.5) is 0 Å². The van der Waals surface area contributed by atoms with E-state index in [-0.39, 0.29) is 17.4 Å². The Morgan fingerprint density at radius 2 is 2.31 bits per heavy atom. The van der Waals surface area contributed by atoms with Crippen molar-refractivity contribution in [3.8, 4) is 0 Å². The van der Waals surface area contributed by atoms with Gasteiger partial charge in [0.15, 0.2) is 5.69 Å². The zero-order valence-corrected chi connectivity index (χ0v) is 11.4. The third kappa shape index (κ3) is 3.63. The van der Waals surface area contributed by atoms with E-state index in [1.807, 2.05) is 0 Å². The molecule has 1 rings (SSSR count). The van der Waals surface area contributed by atoms with Crippen molar-refractivity contribution in [3.05, 3.63) is 18.0 Å². The van der Waals surface area contributed by atoms with Gasteiger partial charge in [-0.05, 0) is 11.8 Å². The van der Waals surface area contributed by atoms with Gasteiger partial charge in [0.25, 0.3) is 5.91 Å². The molecule has 0 radical (unpaired) electrons. The van der Waals surface area contributed by atoms with Crippen LogP contribution in [0.15, 0.2) is 16.9 Å². The van der Waals surface area contributed by atoms with Crippen LogP contribution in [0.25, 0.3) is 0 Å². The van der Waals surface area contributed by atoms with Crippen LogP contribution < -0.4 is 5.32 Å². The molecule has 0 aromatic carbocycles. The van der Waals surface area contributed by atoms with Gasteiger partial charge in [-0.25, -0.2) is 0 Å². The number of hydrogen-bond donors (Lipinski definition) is 1. The minimum Gasteiger partial charge on any atom is -0.364 e. The predicted molar refractivity (Wildman–Crippen MR) is 65.6 cm³/mol. The molecular formula is C11H17BrN2O2. The molecule has 1 aromatic heterocycles. The second-order valence-electron chi connectivity index (χ2n) is 4.75. The van der Waals surface area contributed by atoms with Gasteiger partial charge in [-0.3, -0.25) is 4.79 Å². The first-order chi connectivity index (χ1) is 7.45. The molecule has 0 aliphatic carbocycles. The lowest BCUT2D eigenvalue weighted by molar-refractivity contribution is 0.0891. The smallest absolute Gasteiger partial charge is 0.273 e. The second-order valence-corrected chi connectivity index (χ2v) is 5.55. The van der Waals surface area contributed by atoms with Gasteiger partial charge < -0.3 is 9.84 Å². The molecular weight excluding hydrogens is 272 g/mol. The molecule has 0 aliphatic rings. The molecule has 5 heteroatoms. The Hall–Kier alpha value is -0.840. The van der Waals surface area contributed by atoms with E-state index in [9.17, 15) is 4.79 Å². The Morgan fingerprint density at radius 3 is 2.75 bits per heavy atom. The van der Waals surface area contributed by atoms with E-state index in [1.165, 1.54) is 6.26 Å². The number of amides is 1. The van der Waals surface area contributed by atoms with E-state index in [0.717, 1.165) is 11.8 Å². The molecule has 1 N–H and O–H groups in total. The van der Waals surface area contributed by atoms with Gasteiger partial charge in [-0.2, -0.15) is 0 Å². The summed E-state index contributed by atoms with van der Waals surface area (Å²) in [6, 6.07) is 1.67. The molecule has 0 aliphatic heterocycles. The number of nitrogens with zero attached hydrogens (tertiary/aromatic N) is 1. The van der Waals surface area contributed by atoms with Crippen LogP contribution in [-0.4, -0.2) is 22.4 Å². The standard InChI is InChI=1S/C11H17BrN2O2/c1-11(2,3)9(4-6-12)13-10(15)8-5-7-16-14-8/h5,7,9H,4,6H2,1-3H3,(H,13,15). The first-order valence-electron chi connectivity index (χ1n) is 5.22. The highest BCUT2D eigenvalue weighted by molar-refractivity contribution is 9.09. The summed E-state index contributed by atoms with van der Waals surface area (Å²) in [7, 11) is 0. The van der Waals surface area contributed by atoms with E-state index in [0.29, 0.717) is 5.69 Å². The first kappa shape index (κ1) is 13.2. The second kappa shape index (κ2) is 5.48. The summed E-state index contributed by atoms with van der Waals surface area (Å²) >= 11 is 3.40. The van der Waals surface area contributed by atoms with Gasteiger partial charge in [-0.15, -0.1) is 0 Å². The number of rotatable bonds is 4. The van der Waals surface area contributed by atoms with Crippen molar-refractivity contribution >= 4 is 21.8 Å². The Bertz CT molecular complexity index is 330. The Balaban J connectivity index is 2.66. The maximum atomic E-state index is 11.8. The minimum atomic E-state index is -0.186. The molecule has 16 heavy (non-hydrogen) atoms. The number of nitrogens with one attached hydrogen (secondary N) is 1. The topological polar surface area (TPSA) is 55.1 Å². The van der Waals surface area contributed by atoms with Gasteiger partial charge in [0.2, 0.25) is 0 Å². The highest BCUT2D eigenvalue weighted by atomic mass is 79.9. The van der Waals surface area contributed by atoms with Gasteiger partial charge in [0.05, 0.1) is 0 Å². The van der Waals surface area contributed by atoms with E-state index in [4.69, 9.17) is 0 Å². The highest BCUT2D eigenvalue weighted by Gasteiger charge is 2.26. The Kier molecular flexibility index (Phi) is 4.53. The number of halogens is 1. The lowest BCUT2D eigenvalue weighted by Crippen LogP contribution is -2.44. The fourth-order valence-corrected chi connectivity index (χ4v) is 1.85. The Morgan fingerprint density at radius 1 is 1.62 bits per heavy atom. The van der Waals surface area contributed by atoms with Gasteiger partial charge in [-0.1, -0.05) is 41.9 Å². The summed E-state index contributed by atoms with van der Waals surface area (Å²) in [5.74, 6) is -0.186. The van der Waals surface area contributed by atoms with Crippen LogP contribution in [0.5, 0.6) is 0 Å². The number of aromatic nitrogens is 1. The van der Waals surface area contributed by atoms with Crippen molar-refractivity contribution < 1.29 is 9.32 Å². The fourth-order valence-electron chi connectivity index (χ4n) is 1.39. The average Bonchev–Trinajstić information content (AvgIpc) is 2.68. The predicted octanol–water partition coefficient (Wildman–Crippen LogP) is 2.60. The van der Waals surface area contributed by atoms with E-state index < -0.39 is 0 Å². The molecule has 0 saturated heterocycles. The van der Waals surface area contributed by atoms with Crippen LogP contribution in [0.1, 0.15) is 37.7 Å². The number of carbonyl (C=O) groups is 1. The normalized spacial score (nSPS) is 13.5. The zero-order chi connectivity index (χ0) is 12.2. The van der Waals surface area contributed by atoms with Crippen molar-refractivity contribution in [1.29, 1.82) is 0 Å². The van der Waals surface area contributed by atoms with Crippen LogP contribution in [-0.2, 0) is 0 Å². The lowest BCUT2D eigenvalue weighted by atomic mass is 9.85. The van der Waals surface area contributed by atoms with Crippen LogP contribution in [0.3, 0.4) is 0 Å². The van der Waals surface area contributed by atoms with E-state index in [1.54, 1.807) is 6.07 Å². The number of hydrogen-bond acceptors (Lipinski definition) is 3. The molecule has 1 amide bonds. The molecule has 1 aromatic rings. The summed E-state index contributed by atoms with van der Waals surface area (Å²) in [5.41, 5.74) is 0.344. The third-order valence-corrected chi connectivity index (χ3v) is 2.88. The van der Waals surface area contributed by atoms with Gasteiger partial charge in [0.1, 0.15) is 6.26 Å². The summed E-state index contributed by atoms with van der Waals surface area (Å²) in [5, 5.41) is 7.44. The largest absolute Gasteiger partial charge is 0.364 e. The fraction of sp³-hybridized carbons (Fsp3) is 0.636. The molecule has 1 heterocycles. The summed E-state index contributed by atoms with van der Waals surface area (Å²) in [6.07, 6.45) is 2.28. The maximum absolute atomic E-state index is 11.8. The molecule has 90 valence electrons. The van der Waals surface area contributed by atoms with E-state index in [2.05, 4.69) is 51.7 Å². The number of carbonyl (C=O) groups excluding carboxylic acids is 1. The third-order valence-electron chi connectivity index (χ3n) is 2.42. The summed E-state index contributed by atoms with van der Waals surface area (Å²) < 4.78 is 4.64. The van der Waals surface area contributed by atoms with Crippen molar-refractivity contribution in [1.82, 2.24) is 10.5 Å². The molecule has 1 atom stereocenters. The summed E-state index contributed by atoms with van der Waals surface area (Å²) in [4.78, 5) is 11.8. The van der Waals surface area contributed by atoms with Gasteiger partial charge in [0, 0.05) is 17.4 Å².